The minimum absolute atomic E-state index is 0.0900. The molecule has 7 nitrogen and oxygen atoms in total. The van der Waals surface area contributed by atoms with E-state index in [1.54, 1.807) is 19.1 Å². The molecule has 1 unspecified atom stereocenters. The van der Waals surface area contributed by atoms with Gasteiger partial charge in [0.15, 0.2) is 0 Å². The Morgan fingerprint density at radius 2 is 1.93 bits per heavy atom. The summed E-state index contributed by atoms with van der Waals surface area (Å²) in [6.07, 6.45) is 1.38. The van der Waals surface area contributed by atoms with Gasteiger partial charge in [-0.05, 0) is 43.2 Å². The molecule has 0 aliphatic heterocycles. The van der Waals surface area contributed by atoms with Gasteiger partial charge in [0.2, 0.25) is 0 Å². The fourth-order valence-electron chi connectivity index (χ4n) is 2.63. The number of benzene rings is 2. The van der Waals surface area contributed by atoms with Gasteiger partial charge in [-0.25, -0.2) is 4.39 Å². The van der Waals surface area contributed by atoms with E-state index in [1.165, 1.54) is 36.5 Å². The van der Waals surface area contributed by atoms with Crippen molar-refractivity contribution in [3.05, 3.63) is 91.1 Å². The summed E-state index contributed by atoms with van der Waals surface area (Å²) < 4.78 is 14.8. The molecule has 1 atom stereocenters. The lowest BCUT2D eigenvalue weighted by Crippen LogP contribution is -2.23. The minimum atomic E-state index is -0.581. The lowest BCUT2D eigenvalue weighted by Gasteiger charge is -2.17. The number of aromatic nitrogens is 2. The number of hydrogen-bond acceptors (Lipinski definition) is 5. The number of non-ortho nitro benzene ring substituents is 1. The van der Waals surface area contributed by atoms with Crippen LogP contribution in [0, 0.1) is 22.9 Å². The maximum Gasteiger partial charge on any atom is 0.292 e. The average Bonchev–Trinajstić information content (AvgIpc) is 2.68. The number of aryl methyl sites for hydroxylation is 1. The fourth-order valence-corrected chi connectivity index (χ4v) is 2.81. The van der Waals surface area contributed by atoms with Gasteiger partial charge in [0, 0.05) is 18.2 Å². The van der Waals surface area contributed by atoms with Gasteiger partial charge < -0.3 is 5.32 Å². The molecule has 0 radical (unpaired) electrons. The number of anilines is 1. The molecule has 0 amide bonds. The van der Waals surface area contributed by atoms with Crippen LogP contribution >= 0.6 is 11.6 Å². The lowest BCUT2D eigenvalue weighted by atomic mass is 10.1. The number of nitro benzene ring substituents is 1. The van der Waals surface area contributed by atoms with E-state index >= 15 is 0 Å². The summed E-state index contributed by atoms with van der Waals surface area (Å²) in [6.45, 7) is 3.48. The molecule has 0 saturated heterocycles. The van der Waals surface area contributed by atoms with Crippen molar-refractivity contribution in [2.24, 2.45) is 0 Å². The molecule has 144 valence electrons. The molecule has 2 aromatic carbocycles. The van der Waals surface area contributed by atoms with Gasteiger partial charge in [0.25, 0.3) is 11.2 Å². The highest BCUT2D eigenvalue weighted by molar-refractivity contribution is 6.33. The Hall–Kier alpha value is -3.26. The Labute approximate surface area is 164 Å². The fraction of sp³-hybridized carbons (Fsp3) is 0.158. The third kappa shape index (κ3) is 3.86. The predicted molar refractivity (Wildman–Crippen MR) is 105 cm³/mol. The Balaban J connectivity index is 1.88. The van der Waals surface area contributed by atoms with Crippen molar-refractivity contribution in [3.63, 3.8) is 0 Å². The van der Waals surface area contributed by atoms with Crippen molar-refractivity contribution in [2.45, 2.75) is 19.9 Å². The van der Waals surface area contributed by atoms with Crippen LogP contribution in [0.4, 0.5) is 15.8 Å². The molecule has 9 heteroatoms. The molecule has 0 bridgehead atoms. The van der Waals surface area contributed by atoms with E-state index in [4.69, 9.17) is 11.6 Å². The SMILES string of the molecule is Cc1ccc(C(C)Nc2cnn(-c3ccc([N+](=O)[O-])cc3)c(=O)c2Cl)cc1F. The first-order valence-corrected chi connectivity index (χ1v) is 8.71. The topological polar surface area (TPSA) is 90.1 Å². The van der Waals surface area contributed by atoms with Crippen LogP contribution in [0.2, 0.25) is 5.02 Å². The molecular weight excluding hydrogens is 387 g/mol. The second kappa shape index (κ2) is 7.77. The van der Waals surface area contributed by atoms with Crippen molar-refractivity contribution < 1.29 is 9.31 Å². The van der Waals surface area contributed by atoms with E-state index < -0.39 is 10.5 Å². The number of nitrogens with zero attached hydrogens (tertiary/aromatic N) is 3. The summed E-state index contributed by atoms with van der Waals surface area (Å²) in [6, 6.07) is 9.94. The second-order valence-corrected chi connectivity index (χ2v) is 6.62. The van der Waals surface area contributed by atoms with Crippen LogP contribution in [0.25, 0.3) is 5.69 Å². The lowest BCUT2D eigenvalue weighted by molar-refractivity contribution is -0.384. The monoisotopic (exact) mass is 402 g/mol. The zero-order valence-corrected chi connectivity index (χ0v) is 15.8. The number of nitro groups is 1. The molecule has 1 heterocycles. The summed E-state index contributed by atoms with van der Waals surface area (Å²) in [7, 11) is 0. The minimum Gasteiger partial charge on any atom is -0.376 e. The maximum atomic E-state index is 13.8. The molecule has 0 aliphatic carbocycles. The molecule has 3 rings (SSSR count). The summed E-state index contributed by atoms with van der Waals surface area (Å²) in [4.78, 5) is 22.8. The Morgan fingerprint density at radius 1 is 1.25 bits per heavy atom. The highest BCUT2D eigenvalue weighted by Crippen LogP contribution is 2.24. The zero-order chi connectivity index (χ0) is 20.4. The second-order valence-electron chi connectivity index (χ2n) is 6.24. The van der Waals surface area contributed by atoms with E-state index in [0.717, 1.165) is 4.68 Å². The van der Waals surface area contributed by atoms with Crippen LogP contribution in [-0.4, -0.2) is 14.7 Å². The number of nitrogens with one attached hydrogen (secondary N) is 1. The zero-order valence-electron chi connectivity index (χ0n) is 15.0. The highest BCUT2D eigenvalue weighted by atomic mass is 35.5. The summed E-state index contributed by atoms with van der Waals surface area (Å²) in [5.41, 5.74) is 1.21. The van der Waals surface area contributed by atoms with Crippen LogP contribution in [-0.2, 0) is 0 Å². The molecule has 3 aromatic rings. The first-order valence-electron chi connectivity index (χ1n) is 8.33. The first kappa shape index (κ1) is 19.5. The van der Waals surface area contributed by atoms with E-state index in [0.29, 0.717) is 22.5 Å². The average molecular weight is 403 g/mol. The van der Waals surface area contributed by atoms with Crippen molar-refractivity contribution in [3.8, 4) is 5.69 Å². The molecule has 0 fully saturated rings. The largest absolute Gasteiger partial charge is 0.376 e. The molecule has 0 saturated carbocycles. The summed E-state index contributed by atoms with van der Waals surface area (Å²) in [5, 5.41) is 17.8. The molecule has 1 N–H and O–H groups in total. The first-order chi connectivity index (χ1) is 13.3. The molecule has 0 aliphatic rings. The molecule has 1 aromatic heterocycles. The van der Waals surface area contributed by atoms with Crippen LogP contribution in [0.3, 0.4) is 0 Å². The van der Waals surface area contributed by atoms with Crippen LogP contribution in [0.5, 0.6) is 0 Å². The van der Waals surface area contributed by atoms with E-state index in [-0.39, 0.29) is 22.6 Å². The smallest absolute Gasteiger partial charge is 0.292 e. The Kier molecular flexibility index (Phi) is 5.41. The summed E-state index contributed by atoms with van der Waals surface area (Å²) >= 11 is 6.20. The number of halogens is 2. The van der Waals surface area contributed by atoms with E-state index in [9.17, 15) is 19.3 Å². The van der Waals surface area contributed by atoms with Crippen LogP contribution in [0.15, 0.2) is 53.5 Å². The number of rotatable bonds is 5. The normalized spacial score (nSPS) is 11.9. The van der Waals surface area contributed by atoms with Gasteiger partial charge in [0.05, 0.1) is 22.5 Å². The van der Waals surface area contributed by atoms with Gasteiger partial charge in [-0.15, -0.1) is 0 Å². The van der Waals surface area contributed by atoms with E-state index in [1.807, 2.05) is 6.92 Å². The number of hydrogen-bond donors (Lipinski definition) is 1. The standard InChI is InChI=1S/C19H16ClFN4O3/c1-11-3-4-13(9-16(11)21)12(2)23-17-10-22-24(19(26)18(17)20)14-5-7-15(8-6-14)25(27)28/h3-10,12,23H,1-2H3. The van der Waals surface area contributed by atoms with Gasteiger partial charge in [-0.2, -0.15) is 9.78 Å². The van der Waals surface area contributed by atoms with Gasteiger partial charge in [-0.3, -0.25) is 14.9 Å². The Bertz CT molecular complexity index is 1100. The quantitative estimate of drug-likeness (QED) is 0.504. The van der Waals surface area contributed by atoms with Gasteiger partial charge >= 0.3 is 0 Å². The molecular formula is C19H16ClFN4O3. The van der Waals surface area contributed by atoms with Crippen LogP contribution < -0.4 is 10.9 Å². The van der Waals surface area contributed by atoms with Crippen LogP contribution in [0.1, 0.15) is 24.1 Å². The summed E-state index contributed by atoms with van der Waals surface area (Å²) in [5.74, 6) is -0.316. The molecule has 0 spiro atoms. The third-order valence-corrected chi connectivity index (χ3v) is 4.66. The van der Waals surface area contributed by atoms with Crippen molar-refractivity contribution in [1.29, 1.82) is 0 Å². The van der Waals surface area contributed by atoms with E-state index in [2.05, 4.69) is 10.4 Å². The van der Waals surface area contributed by atoms with Crippen molar-refractivity contribution >= 4 is 23.0 Å². The van der Waals surface area contributed by atoms with Crippen molar-refractivity contribution in [2.75, 3.05) is 5.32 Å². The third-order valence-electron chi connectivity index (χ3n) is 4.29. The maximum absolute atomic E-state index is 13.8. The Morgan fingerprint density at radius 3 is 2.54 bits per heavy atom. The molecule has 28 heavy (non-hydrogen) atoms. The highest BCUT2D eigenvalue weighted by Gasteiger charge is 2.15. The predicted octanol–water partition coefficient (Wildman–Crippen LogP) is 4.41. The van der Waals surface area contributed by atoms with Gasteiger partial charge in [-0.1, -0.05) is 23.7 Å². The van der Waals surface area contributed by atoms with Crippen molar-refractivity contribution in [1.82, 2.24) is 9.78 Å². The van der Waals surface area contributed by atoms with Gasteiger partial charge in [0.1, 0.15) is 10.8 Å².